The maximum atomic E-state index is 4.86. The second-order valence-electron chi connectivity index (χ2n) is 6.55. The van der Waals surface area contributed by atoms with Crippen LogP contribution in [0.5, 0.6) is 0 Å². The molecule has 3 aromatic rings. The van der Waals surface area contributed by atoms with Crippen molar-refractivity contribution in [2.45, 2.75) is 33.1 Å². The number of hydrogen-bond donors (Lipinski definition) is 1. The van der Waals surface area contributed by atoms with Gasteiger partial charge in [-0.2, -0.15) is 0 Å². The van der Waals surface area contributed by atoms with E-state index in [2.05, 4.69) is 55.3 Å². The van der Waals surface area contributed by atoms with Gasteiger partial charge in [-0.15, -0.1) is 0 Å². The molecule has 3 rings (SSSR count). The largest absolute Gasteiger partial charge is 0.373 e. The summed E-state index contributed by atoms with van der Waals surface area (Å²) < 4.78 is 0. The smallest absolute Gasteiger partial charge is 0.130 e. The molecule has 3 nitrogen and oxygen atoms in total. The lowest BCUT2D eigenvalue weighted by Crippen LogP contribution is -2.15. The van der Waals surface area contributed by atoms with Gasteiger partial charge in [0.05, 0.1) is 11.0 Å². The van der Waals surface area contributed by atoms with E-state index in [9.17, 15) is 0 Å². The summed E-state index contributed by atoms with van der Waals surface area (Å²) >= 11 is 0. The maximum absolute atomic E-state index is 4.86. The van der Waals surface area contributed by atoms with E-state index in [1.807, 2.05) is 20.0 Å². The molecule has 0 aliphatic heterocycles. The Morgan fingerprint density at radius 2 is 1.52 bits per heavy atom. The molecular weight excluding hydrogens is 258 g/mol. The molecule has 0 unspecified atom stereocenters. The van der Waals surface area contributed by atoms with Crippen molar-refractivity contribution >= 4 is 27.6 Å². The van der Waals surface area contributed by atoms with Crippen LogP contribution in [0.15, 0.2) is 30.3 Å². The molecule has 2 aromatic heterocycles. The van der Waals surface area contributed by atoms with Crippen molar-refractivity contribution in [1.29, 1.82) is 0 Å². The molecule has 0 saturated heterocycles. The molecule has 0 aliphatic rings. The minimum Gasteiger partial charge on any atom is -0.373 e. The fraction of sp³-hybridized carbons (Fsp3) is 0.333. The molecule has 1 N–H and O–H groups in total. The van der Waals surface area contributed by atoms with E-state index in [1.54, 1.807) is 0 Å². The molecular formula is C18H21N3. The first kappa shape index (κ1) is 13.8. The van der Waals surface area contributed by atoms with E-state index in [1.165, 1.54) is 5.56 Å². The van der Waals surface area contributed by atoms with Gasteiger partial charge in [0.1, 0.15) is 5.82 Å². The number of rotatable bonds is 1. The summed E-state index contributed by atoms with van der Waals surface area (Å²) in [5.74, 6) is 0.936. The Morgan fingerprint density at radius 3 is 2.19 bits per heavy atom. The van der Waals surface area contributed by atoms with Gasteiger partial charge in [-0.25, -0.2) is 4.98 Å². The quantitative estimate of drug-likeness (QED) is 0.670. The first-order valence-corrected chi connectivity index (χ1v) is 7.29. The van der Waals surface area contributed by atoms with Gasteiger partial charge in [-0.3, -0.25) is 4.98 Å². The molecule has 2 heterocycles. The third-order valence-corrected chi connectivity index (χ3v) is 3.83. The number of fused-ring (bicyclic) bond motifs is 3. The standard InChI is InChI=1S/C18H21N3/c1-11-6-7-12-8-9-13-10-14(18(2,3)4)17(19-5)21-16(13)15(12)20-11/h6-10H,1-5H3,(H,19,21). The van der Waals surface area contributed by atoms with Gasteiger partial charge in [0.25, 0.3) is 0 Å². The number of aryl methyl sites for hydroxylation is 1. The van der Waals surface area contributed by atoms with Crippen LogP contribution in [0, 0.1) is 6.92 Å². The molecule has 0 amide bonds. The van der Waals surface area contributed by atoms with Gasteiger partial charge in [-0.05, 0) is 24.5 Å². The highest BCUT2D eigenvalue weighted by molar-refractivity contribution is 6.03. The minimum absolute atomic E-state index is 0.0501. The summed E-state index contributed by atoms with van der Waals surface area (Å²) in [5.41, 5.74) is 4.24. The molecule has 0 atom stereocenters. The summed E-state index contributed by atoms with van der Waals surface area (Å²) in [5, 5.41) is 5.51. The van der Waals surface area contributed by atoms with Gasteiger partial charge in [-0.1, -0.05) is 39.0 Å². The topological polar surface area (TPSA) is 37.8 Å². The highest BCUT2D eigenvalue weighted by atomic mass is 15.0. The Hall–Kier alpha value is -2.16. The lowest BCUT2D eigenvalue weighted by atomic mass is 9.86. The van der Waals surface area contributed by atoms with Crippen molar-refractivity contribution in [3.8, 4) is 0 Å². The van der Waals surface area contributed by atoms with Crippen LogP contribution in [0.2, 0.25) is 0 Å². The molecule has 0 bridgehead atoms. The predicted molar refractivity (Wildman–Crippen MR) is 90.0 cm³/mol. The first-order valence-electron chi connectivity index (χ1n) is 7.29. The maximum Gasteiger partial charge on any atom is 0.130 e. The summed E-state index contributed by atoms with van der Waals surface area (Å²) in [7, 11) is 1.92. The van der Waals surface area contributed by atoms with E-state index >= 15 is 0 Å². The van der Waals surface area contributed by atoms with Crippen LogP contribution in [0.4, 0.5) is 5.82 Å². The number of pyridine rings is 2. The Morgan fingerprint density at radius 1 is 0.905 bits per heavy atom. The Kier molecular flexibility index (Phi) is 3.08. The normalized spacial score (nSPS) is 12.0. The average molecular weight is 279 g/mol. The van der Waals surface area contributed by atoms with E-state index in [4.69, 9.17) is 4.98 Å². The van der Waals surface area contributed by atoms with E-state index in [0.717, 1.165) is 33.3 Å². The van der Waals surface area contributed by atoms with Gasteiger partial charge in [0.15, 0.2) is 0 Å². The van der Waals surface area contributed by atoms with Crippen molar-refractivity contribution in [3.63, 3.8) is 0 Å². The first-order chi connectivity index (χ1) is 9.90. The lowest BCUT2D eigenvalue weighted by molar-refractivity contribution is 0.591. The van der Waals surface area contributed by atoms with Gasteiger partial charge in [0.2, 0.25) is 0 Å². The van der Waals surface area contributed by atoms with Crippen LogP contribution < -0.4 is 5.32 Å². The van der Waals surface area contributed by atoms with E-state index in [0.29, 0.717) is 0 Å². The second kappa shape index (κ2) is 4.69. The monoisotopic (exact) mass is 279 g/mol. The fourth-order valence-electron chi connectivity index (χ4n) is 2.68. The average Bonchev–Trinajstić information content (AvgIpc) is 2.44. The van der Waals surface area contributed by atoms with Crippen LogP contribution in [0.25, 0.3) is 21.8 Å². The fourth-order valence-corrected chi connectivity index (χ4v) is 2.68. The Bertz CT molecular complexity index is 829. The second-order valence-corrected chi connectivity index (χ2v) is 6.55. The van der Waals surface area contributed by atoms with Crippen LogP contribution >= 0.6 is 0 Å². The molecule has 0 spiro atoms. The van der Waals surface area contributed by atoms with E-state index < -0.39 is 0 Å². The SMILES string of the molecule is CNc1nc2c(ccc3ccc(C)nc32)cc1C(C)(C)C. The molecule has 0 saturated carbocycles. The summed E-state index contributed by atoms with van der Waals surface area (Å²) in [6, 6.07) is 10.6. The number of benzene rings is 1. The Balaban J connectivity index is 2.42. The number of anilines is 1. The van der Waals surface area contributed by atoms with Crippen LogP contribution in [0.3, 0.4) is 0 Å². The van der Waals surface area contributed by atoms with Crippen LogP contribution in [0.1, 0.15) is 32.0 Å². The highest BCUT2D eigenvalue weighted by Gasteiger charge is 2.20. The molecule has 0 radical (unpaired) electrons. The number of hydrogen-bond acceptors (Lipinski definition) is 3. The van der Waals surface area contributed by atoms with Gasteiger partial charge >= 0.3 is 0 Å². The zero-order valence-corrected chi connectivity index (χ0v) is 13.3. The number of aromatic nitrogens is 2. The van der Waals surface area contributed by atoms with Crippen molar-refractivity contribution in [1.82, 2.24) is 9.97 Å². The van der Waals surface area contributed by atoms with Crippen molar-refractivity contribution in [3.05, 3.63) is 41.6 Å². The van der Waals surface area contributed by atoms with E-state index in [-0.39, 0.29) is 5.41 Å². The summed E-state index contributed by atoms with van der Waals surface area (Å²) in [4.78, 5) is 9.54. The summed E-state index contributed by atoms with van der Waals surface area (Å²) in [6.45, 7) is 8.64. The third-order valence-electron chi connectivity index (χ3n) is 3.83. The Labute approximate surface area is 125 Å². The van der Waals surface area contributed by atoms with Crippen LogP contribution in [-0.2, 0) is 5.41 Å². The van der Waals surface area contributed by atoms with Crippen molar-refractivity contribution < 1.29 is 0 Å². The molecule has 0 aliphatic carbocycles. The third kappa shape index (κ3) is 2.33. The molecule has 1 aromatic carbocycles. The van der Waals surface area contributed by atoms with Gasteiger partial charge in [0, 0.05) is 29.1 Å². The number of nitrogens with one attached hydrogen (secondary N) is 1. The molecule has 3 heteroatoms. The highest BCUT2D eigenvalue weighted by Crippen LogP contribution is 2.33. The molecule has 108 valence electrons. The van der Waals surface area contributed by atoms with Crippen LogP contribution in [-0.4, -0.2) is 17.0 Å². The zero-order valence-electron chi connectivity index (χ0n) is 13.3. The molecule has 21 heavy (non-hydrogen) atoms. The lowest BCUT2D eigenvalue weighted by Gasteiger charge is -2.22. The predicted octanol–water partition coefficient (Wildman–Crippen LogP) is 4.43. The van der Waals surface area contributed by atoms with Crippen molar-refractivity contribution in [2.75, 3.05) is 12.4 Å². The van der Waals surface area contributed by atoms with Crippen molar-refractivity contribution in [2.24, 2.45) is 0 Å². The zero-order chi connectivity index (χ0) is 15.2. The number of nitrogens with zero attached hydrogens (tertiary/aromatic N) is 2. The summed E-state index contributed by atoms with van der Waals surface area (Å²) in [6.07, 6.45) is 0. The molecule has 0 fully saturated rings. The minimum atomic E-state index is 0.0501. The van der Waals surface area contributed by atoms with Gasteiger partial charge < -0.3 is 5.32 Å².